The first-order valence-corrected chi connectivity index (χ1v) is 9.85. The van der Waals surface area contributed by atoms with Crippen LogP contribution in [0.1, 0.15) is 55.6 Å². The summed E-state index contributed by atoms with van der Waals surface area (Å²) in [5, 5.41) is 0. The van der Waals surface area contributed by atoms with Crippen molar-refractivity contribution >= 4 is 5.57 Å². The molecule has 0 heterocycles. The molecule has 0 spiro atoms. The van der Waals surface area contributed by atoms with Gasteiger partial charge in [-0.2, -0.15) is 8.78 Å². The quantitative estimate of drug-likeness (QED) is 0.229. The molecule has 0 aliphatic heterocycles. The maximum atomic E-state index is 13.8. The summed E-state index contributed by atoms with van der Waals surface area (Å²) in [5.41, 5.74) is 1.57. The van der Waals surface area contributed by atoms with Gasteiger partial charge in [0.15, 0.2) is 5.83 Å². The van der Waals surface area contributed by atoms with E-state index in [0.29, 0.717) is 24.7 Å². The van der Waals surface area contributed by atoms with Gasteiger partial charge in [0.25, 0.3) is 0 Å². The molecule has 1 nitrogen and oxygen atoms in total. The van der Waals surface area contributed by atoms with Crippen LogP contribution in [0, 0.1) is 5.92 Å². The van der Waals surface area contributed by atoms with E-state index in [1.165, 1.54) is 24.8 Å². The van der Waals surface area contributed by atoms with Crippen LogP contribution in [0.15, 0.2) is 67.3 Å². The molecule has 0 saturated heterocycles. The lowest BCUT2D eigenvalue weighted by atomic mass is 9.77. The zero-order chi connectivity index (χ0) is 21.4. The minimum Gasteiger partial charge on any atom is -0.318 e. The minimum absolute atomic E-state index is 0.0493. The maximum absolute atomic E-state index is 13.8. The fourth-order valence-corrected chi connectivity index (χ4v) is 3.77. The lowest BCUT2D eigenvalue weighted by Crippen LogP contribution is -2.18. The summed E-state index contributed by atoms with van der Waals surface area (Å²) in [5.74, 6) is -1.42. The van der Waals surface area contributed by atoms with Crippen molar-refractivity contribution in [2.75, 3.05) is 7.11 Å². The molecular weight excluding hydrogens is 380 g/mol. The Balaban J connectivity index is 2.11. The van der Waals surface area contributed by atoms with Gasteiger partial charge in [0.05, 0.1) is 0 Å². The number of ether oxygens (including phenoxy) is 1. The van der Waals surface area contributed by atoms with Gasteiger partial charge in [-0.1, -0.05) is 36.9 Å². The SMILES string of the molecule is C=CCCC1CCC(c2ccc(/C(=C/C=C(\F)C(F)(F)OC)C(=C)F)cc2)CC1. The fourth-order valence-electron chi connectivity index (χ4n) is 3.77. The summed E-state index contributed by atoms with van der Waals surface area (Å²) in [4.78, 5) is 0. The average molecular weight is 408 g/mol. The molecule has 1 aliphatic rings. The van der Waals surface area contributed by atoms with Gasteiger partial charge in [0.2, 0.25) is 0 Å². The molecule has 1 aliphatic carbocycles. The monoisotopic (exact) mass is 408 g/mol. The fraction of sp³-hybridized carbons (Fsp3) is 0.417. The van der Waals surface area contributed by atoms with Crippen LogP contribution in [0.25, 0.3) is 5.57 Å². The Morgan fingerprint density at radius 1 is 1.10 bits per heavy atom. The molecule has 1 fully saturated rings. The highest BCUT2D eigenvalue weighted by Gasteiger charge is 2.34. The molecule has 0 unspecified atom stereocenters. The van der Waals surface area contributed by atoms with Crippen LogP contribution in [0.4, 0.5) is 17.6 Å². The summed E-state index contributed by atoms with van der Waals surface area (Å²) >= 11 is 0. The number of hydrogen-bond donors (Lipinski definition) is 0. The number of benzene rings is 1. The lowest BCUT2D eigenvalue weighted by molar-refractivity contribution is -0.202. The van der Waals surface area contributed by atoms with Crippen LogP contribution in [-0.4, -0.2) is 13.2 Å². The van der Waals surface area contributed by atoms with Crippen molar-refractivity contribution in [1.82, 2.24) is 0 Å². The van der Waals surface area contributed by atoms with Crippen LogP contribution in [0.3, 0.4) is 0 Å². The number of allylic oxidation sites excluding steroid dienone is 5. The Hall–Kier alpha value is -2.14. The highest BCUT2D eigenvalue weighted by Crippen LogP contribution is 2.38. The molecule has 1 aromatic carbocycles. The van der Waals surface area contributed by atoms with Gasteiger partial charge in [-0.3, -0.25) is 0 Å². The zero-order valence-corrected chi connectivity index (χ0v) is 16.8. The van der Waals surface area contributed by atoms with Crippen LogP contribution < -0.4 is 0 Å². The predicted molar refractivity (Wildman–Crippen MR) is 110 cm³/mol. The zero-order valence-electron chi connectivity index (χ0n) is 16.8. The van der Waals surface area contributed by atoms with Crippen molar-refractivity contribution in [3.05, 3.63) is 78.4 Å². The predicted octanol–water partition coefficient (Wildman–Crippen LogP) is 7.89. The molecule has 1 aromatic rings. The van der Waals surface area contributed by atoms with Crippen LogP contribution in [0.2, 0.25) is 0 Å². The number of halogens is 4. The van der Waals surface area contributed by atoms with Gasteiger partial charge in [0.1, 0.15) is 5.83 Å². The highest BCUT2D eigenvalue weighted by atomic mass is 19.3. The van der Waals surface area contributed by atoms with Gasteiger partial charge in [-0.25, -0.2) is 8.78 Å². The third kappa shape index (κ3) is 6.43. The molecular formula is C24H28F4O. The second-order valence-corrected chi connectivity index (χ2v) is 7.43. The molecule has 1 saturated carbocycles. The Kier molecular flexibility index (Phi) is 8.45. The normalized spacial score (nSPS) is 21.1. The van der Waals surface area contributed by atoms with Crippen molar-refractivity contribution in [1.29, 1.82) is 0 Å². The van der Waals surface area contributed by atoms with E-state index < -0.39 is 17.8 Å². The van der Waals surface area contributed by atoms with Gasteiger partial charge < -0.3 is 4.74 Å². The molecule has 0 radical (unpaired) electrons. The van der Waals surface area contributed by atoms with E-state index in [0.717, 1.165) is 31.3 Å². The molecule has 5 heteroatoms. The summed E-state index contributed by atoms with van der Waals surface area (Å²) < 4.78 is 57.4. The summed E-state index contributed by atoms with van der Waals surface area (Å²) in [6.45, 7) is 7.00. The van der Waals surface area contributed by atoms with Crippen molar-refractivity contribution in [2.45, 2.75) is 50.6 Å². The van der Waals surface area contributed by atoms with Gasteiger partial charge in [0, 0.05) is 12.7 Å². The lowest BCUT2D eigenvalue weighted by Gasteiger charge is -2.28. The second-order valence-electron chi connectivity index (χ2n) is 7.43. The first-order chi connectivity index (χ1) is 13.8. The van der Waals surface area contributed by atoms with Crippen LogP contribution >= 0.6 is 0 Å². The van der Waals surface area contributed by atoms with Crippen molar-refractivity contribution < 1.29 is 22.3 Å². The Morgan fingerprint density at radius 2 is 1.72 bits per heavy atom. The Bertz CT molecular complexity index is 754. The summed E-state index contributed by atoms with van der Waals surface area (Å²) in [6, 6.07) is 7.28. The number of rotatable bonds is 9. The van der Waals surface area contributed by atoms with E-state index in [1.54, 1.807) is 12.1 Å². The second kappa shape index (κ2) is 10.6. The van der Waals surface area contributed by atoms with E-state index in [1.807, 2.05) is 18.2 Å². The van der Waals surface area contributed by atoms with Crippen LogP contribution in [0.5, 0.6) is 0 Å². The van der Waals surface area contributed by atoms with Gasteiger partial charge in [-0.05, 0) is 73.6 Å². The topological polar surface area (TPSA) is 9.23 Å². The van der Waals surface area contributed by atoms with E-state index >= 15 is 0 Å². The van der Waals surface area contributed by atoms with E-state index in [9.17, 15) is 17.6 Å². The van der Waals surface area contributed by atoms with E-state index in [-0.39, 0.29) is 5.57 Å². The Morgan fingerprint density at radius 3 is 2.24 bits per heavy atom. The molecule has 0 aromatic heterocycles. The first-order valence-electron chi connectivity index (χ1n) is 9.85. The van der Waals surface area contributed by atoms with Gasteiger partial charge >= 0.3 is 6.11 Å². The standard InChI is InChI=1S/C24H28F4O/c1-4-5-6-18-7-9-19(10-8-18)20-11-13-21(14-12-20)22(17(2)25)15-16-23(26)24(27,28)29-3/h4,11-16,18-19H,1-2,5-10H2,3H3/b22-15+,23-16-. The summed E-state index contributed by atoms with van der Waals surface area (Å²) in [7, 11) is 0.692. The molecule has 158 valence electrons. The molecule has 0 atom stereocenters. The molecule has 0 amide bonds. The molecule has 2 rings (SSSR count). The molecule has 0 bridgehead atoms. The number of alkyl halides is 2. The van der Waals surface area contributed by atoms with Crippen molar-refractivity contribution in [3.8, 4) is 0 Å². The van der Waals surface area contributed by atoms with Crippen LogP contribution in [-0.2, 0) is 4.74 Å². The Labute approximate surface area is 170 Å². The third-order valence-electron chi connectivity index (χ3n) is 5.54. The number of methoxy groups -OCH3 is 1. The molecule has 0 N–H and O–H groups in total. The summed E-state index contributed by atoms with van der Waals surface area (Å²) in [6.07, 6.45) is 6.20. The first kappa shape index (κ1) is 23.1. The number of hydrogen-bond acceptors (Lipinski definition) is 1. The van der Waals surface area contributed by atoms with E-state index in [2.05, 4.69) is 17.9 Å². The van der Waals surface area contributed by atoms with Crippen molar-refractivity contribution in [3.63, 3.8) is 0 Å². The maximum Gasteiger partial charge on any atom is 0.409 e. The van der Waals surface area contributed by atoms with Gasteiger partial charge in [-0.15, -0.1) is 6.58 Å². The average Bonchev–Trinajstić information content (AvgIpc) is 2.72. The third-order valence-corrected chi connectivity index (χ3v) is 5.54. The molecule has 29 heavy (non-hydrogen) atoms. The smallest absolute Gasteiger partial charge is 0.318 e. The largest absolute Gasteiger partial charge is 0.409 e. The van der Waals surface area contributed by atoms with E-state index in [4.69, 9.17) is 0 Å². The van der Waals surface area contributed by atoms with Crippen molar-refractivity contribution in [2.24, 2.45) is 5.92 Å². The minimum atomic E-state index is -4.05. The highest BCUT2D eigenvalue weighted by molar-refractivity contribution is 5.77.